The molecule has 184 valence electrons. The molecule has 0 aliphatic carbocycles. The molecule has 1 N–H and O–H groups in total. The molecule has 0 aliphatic heterocycles. The number of H-pyrrole nitrogens is 1. The van der Waals surface area contributed by atoms with Gasteiger partial charge in [-0.15, -0.1) is 5.10 Å². The average Bonchev–Trinajstić information content (AvgIpc) is 3.57. The molecule has 0 bridgehead atoms. The Bertz CT molecular complexity index is 1200. The van der Waals surface area contributed by atoms with Crippen LogP contribution in [0.3, 0.4) is 0 Å². The first-order valence-corrected chi connectivity index (χ1v) is 12.0. The van der Waals surface area contributed by atoms with Crippen LogP contribution in [0.15, 0.2) is 42.6 Å². The molecule has 10 heteroatoms. The standard InChI is InChI=1S/C25H32N8O2/c1-5-7-16-33-21(27-24(30-33)25(34-3,35-4)14-6-2)17-18-10-12-19(13-11-18)20-9-8-15-26-22(20)23-28-31-32-29-23/h8-13,15H,5-7,14,16-17H2,1-4H3,(H,28,29,31,32). The minimum atomic E-state index is -0.933. The highest BCUT2D eigenvalue weighted by Gasteiger charge is 2.36. The van der Waals surface area contributed by atoms with Gasteiger partial charge in [0, 0.05) is 45.4 Å². The molecule has 3 heterocycles. The molecule has 35 heavy (non-hydrogen) atoms. The monoisotopic (exact) mass is 476 g/mol. The van der Waals surface area contributed by atoms with E-state index in [4.69, 9.17) is 19.6 Å². The highest BCUT2D eigenvalue weighted by molar-refractivity contribution is 5.77. The molecule has 4 rings (SSSR count). The van der Waals surface area contributed by atoms with Crippen molar-refractivity contribution in [2.24, 2.45) is 0 Å². The number of hydrogen-bond acceptors (Lipinski definition) is 8. The van der Waals surface area contributed by atoms with Crippen LogP contribution in [0.2, 0.25) is 0 Å². The van der Waals surface area contributed by atoms with Crippen molar-refractivity contribution in [3.63, 3.8) is 0 Å². The highest BCUT2D eigenvalue weighted by atomic mass is 16.7. The number of ether oxygens (including phenoxy) is 2. The number of methoxy groups -OCH3 is 2. The maximum absolute atomic E-state index is 5.76. The van der Waals surface area contributed by atoms with Crippen LogP contribution in [-0.4, -0.2) is 54.6 Å². The molecule has 0 unspecified atom stereocenters. The van der Waals surface area contributed by atoms with E-state index in [0.29, 0.717) is 30.2 Å². The van der Waals surface area contributed by atoms with Crippen molar-refractivity contribution in [1.82, 2.24) is 40.4 Å². The number of pyridine rings is 1. The lowest BCUT2D eigenvalue weighted by atomic mass is 10.0. The maximum Gasteiger partial charge on any atom is 0.231 e. The first-order valence-electron chi connectivity index (χ1n) is 12.0. The molecule has 0 fully saturated rings. The van der Waals surface area contributed by atoms with Gasteiger partial charge in [-0.3, -0.25) is 4.98 Å². The van der Waals surface area contributed by atoms with Crippen molar-refractivity contribution >= 4 is 0 Å². The van der Waals surface area contributed by atoms with Gasteiger partial charge in [0.25, 0.3) is 0 Å². The Hall–Kier alpha value is -3.50. The molecule has 10 nitrogen and oxygen atoms in total. The molecule has 0 spiro atoms. The molecule has 0 radical (unpaired) electrons. The number of aryl methyl sites for hydroxylation is 1. The van der Waals surface area contributed by atoms with E-state index in [-0.39, 0.29) is 0 Å². The van der Waals surface area contributed by atoms with Gasteiger partial charge in [-0.2, -0.15) is 5.10 Å². The van der Waals surface area contributed by atoms with Crippen molar-refractivity contribution in [3.8, 4) is 22.6 Å². The number of nitrogens with one attached hydrogen (secondary N) is 1. The Balaban J connectivity index is 1.62. The van der Waals surface area contributed by atoms with Crippen LogP contribution in [0, 0.1) is 0 Å². The molecule has 1 aromatic carbocycles. The number of aromatic amines is 1. The minimum Gasteiger partial charge on any atom is -0.347 e. The van der Waals surface area contributed by atoms with Gasteiger partial charge in [-0.25, -0.2) is 14.8 Å². The molecule has 0 saturated carbocycles. The Morgan fingerprint density at radius 1 is 1.03 bits per heavy atom. The van der Waals surface area contributed by atoms with Crippen LogP contribution < -0.4 is 0 Å². The summed E-state index contributed by atoms with van der Waals surface area (Å²) in [6.45, 7) is 5.07. The quantitative estimate of drug-likeness (QED) is 0.303. The predicted octanol–water partition coefficient (Wildman–Crippen LogP) is 4.16. The van der Waals surface area contributed by atoms with E-state index in [0.717, 1.165) is 48.3 Å². The Morgan fingerprint density at radius 2 is 1.83 bits per heavy atom. The summed E-state index contributed by atoms with van der Waals surface area (Å²) in [7, 11) is 3.29. The Labute approximate surface area is 205 Å². The van der Waals surface area contributed by atoms with Crippen LogP contribution in [0.5, 0.6) is 0 Å². The number of tetrazole rings is 1. The fraction of sp³-hybridized carbons (Fsp3) is 0.440. The van der Waals surface area contributed by atoms with E-state index in [2.05, 4.69) is 63.7 Å². The fourth-order valence-electron chi connectivity index (χ4n) is 4.14. The average molecular weight is 477 g/mol. The molecule has 0 atom stereocenters. The van der Waals surface area contributed by atoms with Gasteiger partial charge in [0.05, 0.1) is 0 Å². The van der Waals surface area contributed by atoms with E-state index < -0.39 is 5.79 Å². The van der Waals surface area contributed by atoms with E-state index in [1.807, 2.05) is 16.8 Å². The van der Waals surface area contributed by atoms with Gasteiger partial charge in [0.15, 0.2) is 5.82 Å². The van der Waals surface area contributed by atoms with Crippen LogP contribution >= 0.6 is 0 Å². The second kappa shape index (κ2) is 11.3. The second-order valence-electron chi connectivity index (χ2n) is 8.36. The predicted molar refractivity (Wildman–Crippen MR) is 131 cm³/mol. The summed E-state index contributed by atoms with van der Waals surface area (Å²) < 4.78 is 13.5. The molecular formula is C25H32N8O2. The van der Waals surface area contributed by atoms with E-state index in [1.165, 1.54) is 0 Å². The molecule has 0 saturated heterocycles. The first-order chi connectivity index (χ1) is 17.1. The smallest absolute Gasteiger partial charge is 0.231 e. The molecular weight excluding hydrogens is 444 g/mol. The SMILES string of the molecule is CCCCn1nc(C(CCC)(OC)OC)nc1Cc1ccc(-c2cccnc2-c2nnn[nH]2)cc1. The van der Waals surface area contributed by atoms with Crippen molar-refractivity contribution in [3.05, 3.63) is 59.8 Å². The van der Waals surface area contributed by atoms with Gasteiger partial charge in [-0.1, -0.05) is 57.0 Å². The molecule has 4 aromatic rings. The van der Waals surface area contributed by atoms with Crippen molar-refractivity contribution in [2.45, 2.75) is 58.3 Å². The highest BCUT2D eigenvalue weighted by Crippen LogP contribution is 2.30. The maximum atomic E-state index is 5.76. The third kappa shape index (κ3) is 5.28. The van der Waals surface area contributed by atoms with Crippen molar-refractivity contribution < 1.29 is 9.47 Å². The van der Waals surface area contributed by atoms with E-state index in [1.54, 1.807) is 20.4 Å². The third-order valence-electron chi connectivity index (χ3n) is 6.06. The molecule has 0 amide bonds. The summed E-state index contributed by atoms with van der Waals surface area (Å²) in [5.74, 6) is 1.07. The lowest BCUT2D eigenvalue weighted by molar-refractivity contribution is -0.225. The van der Waals surface area contributed by atoms with Gasteiger partial charge >= 0.3 is 0 Å². The number of aromatic nitrogens is 8. The van der Waals surface area contributed by atoms with Gasteiger partial charge < -0.3 is 9.47 Å². The zero-order chi connectivity index (χ0) is 24.7. The topological polar surface area (TPSA) is 117 Å². The third-order valence-corrected chi connectivity index (χ3v) is 6.06. The summed E-state index contributed by atoms with van der Waals surface area (Å²) in [6.07, 6.45) is 6.05. The fourth-order valence-corrected chi connectivity index (χ4v) is 4.14. The second-order valence-corrected chi connectivity index (χ2v) is 8.36. The minimum absolute atomic E-state index is 0.535. The molecule has 0 aliphatic rings. The summed E-state index contributed by atoms with van der Waals surface area (Å²) in [6, 6.07) is 12.3. The van der Waals surface area contributed by atoms with Crippen LogP contribution in [-0.2, 0) is 28.2 Å². The summed E-state index contributed by atoms with van der Waals surface area (Å²) in [5, 5.41) is 19.0. The number of nitrogens with zero attached hydrogens (tertiary/aromatic N) is 7. The molecule has 3 aromatic heterocycles. The van der Waals surface area contributed by atoms with E-state index in [9.17, 15) is 0 Å². The largest absolute Gasteiger partial charge is 0.347 e. The first kappa shape index (κ1) is 24.6. The Morgan fingerprint density at radius 3 is 2.49 bits per heavy atom. The zero-order valence-corrected chi connectivity index (χ0v) is 20.7. The number of benzene rings is 1. The zero-order valence-electron chi connectivity index (χ0n) is 20.7. The number of unbranched alkanes of at least 4 members (excludes halogenated alkanes) is 1. The Kier molecular flexibility index (Phi) is 7.94. The summed E-state index contributed by atoms with van der Waals surface area (Å²) in [4.78, 5) is 9.35. The van der Waals surface area contributed by atoms with Gasteiger partial charge in [0.1, 0.15) is 11.5 Å². The van der Waals surface area contributed by atoms with Crippen LogP contribution in [0.4, 0.5) is 0 Å². The number of rotatable bonds is 12. The van der Waals surface area contributed by atoms with Gasteiger partial charge in [-0.05, 0) is 34.0 Å². The normalized spacial score (nSPS) is 11.8. The lowest BCUT2D eigenvalue weighted by Crippen LogP contribution is -2.32. The lowest BCUT2D eigenvalue weighted by Gasteiger charge is -2.27. The summed E-state index contributed by atoms with van der Waals surface area (Å²) >= 11 is 0. The van der Waals surface area contributed by atoms with Crippen molar-refractivity contribution in [1.29, 1.82) is 0 Å². The van der Waals surface area contributed by atoms with Gasteiger partial charge in [0.2, 0.25) is 11.6 Å². The number of hydrogen-bond donors (Lipinski definition) is 1. The van der Waals surface area contributed by atoms with Crippen molar-refractivity contribution in [2.75, 3.05) is 14.2 Å². The summed E-state index contributed by atoms with van der Waals surface area (Å²) in [5.41, 5.74) is 3.83. The van der Waals surface area contributed by atoms with E-state index >= 15 is 0 Å². The van der Waals surface area contributed by atoms with Crippen LogP contribution in [0.1, 0.15) is 56.7 Å². The van der Waals surface area contributed by atoms with Crippen LogP contribution in [0.25, 0.3) is 22.6 Å².